The predicted molar refractivity (Wildman–Crippen MR) is 46.6 cm³/mol. The molecule has 0 amide bonds. The van der Waals surface area contributed by atoms with Crippen molar-refractivity contribution in [2.24, 2.45) is 0 Å². The fraction of sp³-hybridized carbons (Fsp3) is 1.00. The Hall–Kier alpha value is -0.0800. The maximum atomic E-state index is 8.61. The first kappa shape index (κ1) is 10.9. The minimum atomic E-state index is 0.0108. The van der Waals surface area contributed by atoms with Crippen LogP contribution in [0, 0.1) is 0 Å². The van der Waals surface area contributed by atoms with Crippen molar-refractivity contribution >= 4 is 0 Å². The molecular weight excluding hydrogens is 140 g/mol. The van der Waals surface area contributed by atoms with E-state index in [-0.39, 0.29) is 12.7 Å². The summed E-state index contributed by atoms with van der Waals surface area (Å²) in [5, 5.41) is 8.61. The average molecular weight is 160 g/mol. The first-order chi connectivity index (χ1) is 5.31. The van der Waals surface area contributed by atoms with Gasteiger partial charge in [0.2, 0.25) is 0 Å². The summed E-state index contributed by atoms with van der Waals surface area (Å²) in [5.74, 6) is 0. The van der Waals surface area contributed by atoms with E-state index < -0.39 is 0 Å². The van der Waals surface area contributed by atoms with Crippen LogP contribution in [0.1, 0.15) is 39.5 Å². The number of unbranched alkanes of at least 4 members (excludes halogenated alkanes) is 3. The third-order valence-electron chi connectivity index (χ3n) is 1.66. The van der Waals surface area contributed by atoms with Crippen molar-refractivity contribution in [3.05, 3.63) is 0 Å². The van der Waals surface area contributed by atoms with E-state index in [0.717, 1.165) is 13.0 Å². The monoisotopic (exact) mass is 160 g/mol. The molecule has 0 radical (unpaired) electrons. The molecule has 0 aromatic carbocycles. The number of aliphatic hydroxyl groups excluding tert-OH is 1. The molecule has 1 atom stereocenters. The van der Waals surface area contributed by atoms with Gasteiger partial charge in [0.1, 0.15) is 0 Å². The maximum Gasteiger partial charge on any atom is 0.0777 e. The minimum absolute atomic E-state index is 0.0108. The zero-order valence-electron chi connectivity index (χ0n) is 7.68. The second-order valence-electron chi connectivity index (χ2n) is 2.92. The van der Waals surface area contributed by atoms with Gasteiger partial charge in [-0.05, 0) is 13.3 Å². The van der Waals surface area contributed by atoms with Crippen LogP contribution in [-0.2, 0) is 4.74 Å². The summed E-state index contributed by atoms with van der Waals surface area (Å²) in [7, 11) is 0. The molecule has 68 valence electrons. The summed E-state index contributed by atoms with van der Waals surface area (Å²) < 4.78 is 5.29. The Morgan fingerprint density at radius 3 is 2.55 bits per heavy atom. The molecule has 0 saturated heterocycles. The average Bonchev–Trinajstić information content (AvgIpc) is 2.04. The smallest absolute Gasteiger partial charge is 0.0777 e. The topological polar surface area (TPSA) is 29.5 Å². The van der Waals surface area contributed by atoms with Gasteiger partial charge in [-0.1, -0.05) is 26.2 Å². The lowest BCUT2D eigenvalue weighted by molar-refractivity contribution is 0.0231. The lowest BCUT2D eigenvalue weighted by atomic mass is 10.2. The molecule has 2 heteroatoms. The highest BCUT2D eigenvalue weighted by molar-refractivity contribution is 4.45. The number of ether oxygens (including phenoxy) is 1. The molecule has 0 spiro atoms. The number of aliphatic hydroxyl groups is 1. The van der Waals surface area contributed by atoms with E-state index >= 15 is 0 Å². The highest BCUT2D eigenvalue weighted by atomic mass is 16.5. The zero-order chi connectivity index (χ0) is 8.53. The molecule has 0 fully saturated rings. The molecule has 0 rings (SSSR count). The Morgan fingerprint density at radius 1 is 1.27 bits per heavy atom. The van der Waals surface area contributed by atoms with Gasteiger partial charge in [-0.3, -0.25) is 0 Å². The normalized spacial score (nSPS) is 13.4. The summed E-state index contributed by atoms with van der Waals surface area (Å²) in [4.78, 5) is 0. The van der Waals surface area contributed by atoms with Gasteiger partial charge in [-0.25, -0.2) is 0 Å². The first-order valence-corrected chi connectivity index (χ1v) is 4.53. The fourth-order valence-electron chi connectivity index (χ4n) is 0.866. The number of hydrogen-bond donors (Lipinski definition) is 1. The van der Waals surface area contributed by atoms with Crippen LogP contribution in [-0.4, -0.2) is 24.4 Å². The molecule has 11 heavy (non-hydrogen) atoms. The van der Waals surface area contributed by atoms with Crippen LogP contribution < -0.4 is 0 Å². The van der Waals surface area contributed by atoms with E-state index in [0.29, 0.717) is 0 Å². The Morgan fingerprint density at radius 2 is 2.00 bits per heavy atom. The van der Waals surface area contributed by atoms with Crippen molar-refractivity contribution < 1.29 is 9.84 Å². The summed E-state index contributed by atoms with van der Waals surface area (Å²) in [6.45, 7) is 5.01. The molecular formula is C9H20O2. The van der Waals surface area contributed by atoms with Crippen LogP contribution in [0.25, 0.3) is 0 Å². The quantitative estimate of drug-likeness (QED) is 0.577. The van der Waals surface area contributed by atoms with Gasteiger partial charge in [0.05, 0.1) is 12.7 Å². The lowest BCUT2D eigenvalue weighted by Crippen LogP contribution is -2.13. The fourth-order valence-corrected chi connectivity index (χ4v) is 0.866. The lowest BCUT2D eigenvalue weighted by Gasteiger charge is -2.08. The van der Waals surface area contributed by atoms with E-state index in [1.807, 2.05) is 6.92 Å². The van der Waals surface area contributed by atoms with Gasteiger partial charge in [0.15, 0.2) is 0 Å². The van der Waals surface area contributed by atoms with Gasteiger partial charge in [0, 0.05) is 6.61 Å². The van der Waals surface area contributed by atoms with Crippen LogP contribution in [0.3, 0.4) is 0 Å². The standard InChI is InChI=1S/C9H20O2/c1-3-4-5-6-7-11-9(2)8-10/h9-10H,3-8H2,1-2H3/t9-/m0/s1. The molecule has 0 aliphatic carbocycles. The Bertz CT molecular complexity index is 74.0. The van der Waals surface area contributed by atoms with Crippen molar-refractivity contribution in [2.45, 2.75) is 45.6 Å². The van der Waals surface area contributed by atoms with Gasteiger partial charge in [-0.2, -0.15) is 0 Å². The maximum absolute atomic E-state index is 8.61. The van der Waals surface area contributed by atoms with Crippen molar-refractivity contribution in [1.29, 1.82) is 0 Å². The van der Waals surface area contributed by atoms with Crippen LogP contribution >= 0.6 is 0 Å². The molecule has 0 unspecified atom stereocenters. The molecule has 0 heterocycles. The largest absolute Gasteiger partial charge is 0.394 e. The first-order valence-electron chi connectivity index (χ1n) is 4.53. The molecule has 1 N–H and O–H groups in total. The molecule has 0 bridgehead atoms. The van der Waals surface area contributed by atoms with Crippen LogP contribution in [0.15, 0.2) is 0 Å². The van der Waals surface area contributed by atoms with E-state index in [1.54, 1.807) is 0 Å². The molecule has 0 saturated carbocycles. The van der Waals surface area contributed by atoms with Gasteiger partial charge >= 0.3 is 0 Å². The van der Waals surface area contributed by atoms with E-state index in [2.05, 4.69) is 6.92 Å². The van der Waals surface area contributed by atoms with E-state index in [1.165, 1.54) is 19.3 Å². The van der Waals surface area contributed by atoms with Crippen LogP contribution in [0.4, 0.5) is 0 Å². The summed E-state index contributed by atoms with van der Waals surface area (Å²) in [6, 6.07) is 0. The highest BCUT2D eigenvalue weighted by Gasteiger charge is 1.97. The summed E-state index contributed by atoms with van der Waals surface area (Å²) in [5.41, 5.74) is 0. The van der Waals surface area contributed by atoms with Crippen molar-refractivity contribution in [3.8, 4) is 0 Å². The third kappa shape index (κ3) is 7.82. The minimum Gasteiger partial charge on any atom is -0.394 e. The van der Waals surface area contributed by atoms with Gasteiger partial charge < -0.3 is 9.84 Å². The van der Waals surface area contributed by atoms with Crippen molar-refractivity contribution in [1.82, 2.24) is 0 Å². The number of rotatable bonds is 7. The van der Waals surface area contributed by atoms with Crippen molar-refractivity contribution in [3.63, 3.8) is 0 Å². The summed E-state index contributed by atoms with van der Waals surface area (Å²) in [6.07, 6.45) is 4.93. The van der Waals surface area contributed by atoms with Gasteiger partial charge in [0.25, 0.3) is 0 Å². The van der Waals surface area contributed by atoms with Gasteiger partial charge in [-0.15, -0.1) is 0 Å². The SMILES string of the molecule is CCCCCCO[C@@H](C)CO. The highest BCUT2D eigenvalue weighted by Crippen LogP contribution is 2.00. The van der Waals surface area contributed by atoms with Crippen LogP contribution in [0.2, 0.25) is 0 Å². The second kappa shape index (κ2) is 8.02. The van der Waals surface area contributed by atoms with Crippen LogP contribution in [0.5, 0.6) is 0 Å². The predicted octanol–water partition coefficient (Wildman–Crippen LogP) is 1.96. The molecule has 0 aromatic heterocycles. The molecule has 2 nitrogen and oxygen atoms in total. The number of hydrogen-bond acceptors (Lipinski definition) is 2. The Kier molecular flexibility index (Phi) is 7.96. The van der Waals surface area contributed by atoms with E-state index in [4.69, 9.17) is 9.84 Å². The molecule has 0 aliphatic rings. The zero-order valence-corrected chi connectivity index (χ0v) is 7.68. The van der Waals surface area contributed by atoms with Crippen molar-refractivity contribution in [2.75, 3.05) is 13.2 Å². The van der Waals surface area contributed by atoms with E-state index in [9.17, 15) is 0 Å². The third-order valence-corrected chi connectivity index (χ3v) is 1.66. The molecule has 0 aliphatic heterocycles. The Labute approximate surface area is 69.6 Å². The second-order valence-corrected chi connectivity index (χ2v) is 2.92. The Balaban J connectivity index is 2.89. The summed E-state index contributed by atoms with van der Waals surface area (Å²) >= 11 is 0. The molecule has 0 aromatic rings.